The van der Waals surface area contributed by atoms with Gasteiger partial charge in [-0.25, -0.2) is 15.8 Å². The minimum Gasteiger partial charge on any atom is -0.306 e. The van der Waals surface area contributed by atoms with Crippen molar-refractivity contribution in [3.05, 3.63) is 12.4 Å². The van der Waals surface area contributed by atoms with Crippen LogP contribution in [0.4, 0.5) is 19.0 Å². The molecule has 0 aliphatic heterocycles. The summed E-state index contributed by atoms with van der Waals surface area (Å²) >= 11 is -0.364. The van der Waals surface area contributed by atoms with Crippen molar-refractivity contribution >= 4 is 30.0 Å². The Labute approximate surface area is 87.9 Å². The van der Waals surface area contributed by atoms with Crippen LogP contribution in [0.25, 0.3) is 0 Å². The number of nitrogens with two attached hydrogens (primary N) is 1. The standard InChI is InChI=1S/C5H5F3N4S.ClH/c6-5(7,8)13-4-3(12-9)10-1-2-11-4;/h1-2H,9H2,(H,10,12);1H. The van der Waals surface area contributed by atoms with Crippen LogP contribution in [0.2, 0.25) is 0 Å². The number of nitrogens with zero attached hydrogens (tertiary/aromatic N) is 2. The minimum atomic E-state index is -4.39. The normalized spacial score (nSPS) is 10.6. The largest absolute Gasteiger partial charge is 0.447 e. The highest BCUT2D eigenvalue weighted by atomic mass is 35.5. The van der Waals surface area contributed by atoms with Crippen molar-refractivity contribution in [3.63, 3.8) is 0 Å². The maximum Gasteiger partial charge on any atom is 0.447 e. The van der Waals surface area contributed by atoms with Crippen LogP contribution in [0, 0.1) is 0 Å². The summed E-state index contributed by atoms with van der Waals surface area (Å²) in [5.74, 6) is 4.84. The van der Waals surface area contributed by atoms with Crippen molar-refractivity contribution in [3.8, 4) is 0 Å². The molecule has 80 valence electrons. The third-order valence-electron chi connectivity index (χ3n) is 1.01. The Morgan fingerprint density at radius 1 is 1.29 bits per heavy atom. The Morgan fingerprint density at radius 2 is 1.86 bits per heavy atom. The molecule has 0 saturated carbocycles. The van der Waals surface area contributed by atoms with Gasteiger partial charge in [-0.05, 0) is 0 Å². The first-order valence-corrected chi connectivity index (χ1v) is 3.88. The van der Waals surface area contributed by atoms with Gasteiger partial charge in [0.15, 0.2) is 5.82 Å². The summed E-state index contributed by atoms with van der Waals surface area (Å²) in [6, 6.07) is 0. The van der Waals surface area contributed by atoms with E-state index in [4.69, 9.17) is 5.84 Å². The van der Waals surface area contributed by atoms with Crippen LogP contribution in [0.5, 0.6) is 0 Å². The zero-order valence-electron chi connectivity index (χ0n) is 6.58. The van der Waals surface area contributed by atoms with E-state index in [0.717, 1.165) is 6.20 Å². The van der Waals surface area contributed by atoms with Gasteiger partial charge < -0.3 is 5.43 Å². The molecule has 14 heavy (non-hydrogen) atoms. The number of aromatic nitrogens is 2. The van der Waals surface area contributed by atoms with Gasteiger partial charge in [0.2, 0.25) is 0 Å². The summed E-state index contributed by atoms with van der Waals surface area (Å²) in [5.41, 5.74) is -2.36. The molecule has 4 nitrogen and oxygen atoms in total. The molecule has 1 rings (SSSR count). The highest BCUT2D eigenvalue weighted by Gasteiger charge is 2.31. The second kappa shape index (κ2) is 5.23. The lowest BCUT2D eigenvalue weighted by Crippen LogP contribution is -2.11. The molecule has 0 amide bonds. The molecule has 9 heteroatoms. The maximum atomic E-state index is 11.9. The van der Waals surface area contributed by atoms with Crippen molar-refractivity contribution < 1.29 is 13.2 Å². The summed E-state index contributed by atoms with van der Waals surface area (Å²) in [7, 11) is 0. The molecular weight excluding hydrogens is 241 g/mol. The summed E-state index contributed by atoms with van der Waals surface area (Å²) in [5, 5.41) is -0.294. The molecule has 0 aliphatic rings. The number of halogens is 4. The molecule has 0 unspecified atom stereocenters. The predicted octanol–water partition coefficient (Wildman–Crippen LogP) is 1.80. The van der Waals surface area contributed by atoms with E-state index in [2.05, 4.69) is 9.97 Å². The topological polar surface area (TPSA) is 63.8 Å². The molecule has 0 spiro atoms. The Balaban J connectivity index is 0.00000169. The third kappa shape index (κ3) is 3.99. The average molecular weight is 247 g/mol. The first kappa shape index (κ1) is 13.3. The number of rotatable bonds is 2. The Bertz CT molecular complexity index is 295. The van der Waals surface area contributed by atoms with Crippen LogP contribution in [0.1, 0.15) is 0 Å². The first-order valence-electron chi connectivity index (χ1n) is 3.06. The van der Waals surface area contributed by atoms with E-state index in [1.54, 1.807) is 0 Å². The molecule has 0 fully saturated rings. The SMILES string of the molecule is Cl.NNc1nccnc1SC(F)(F)F. The van der Waals surface area contributed by atoms with Crippen LogP contribution in [-0.4, -0.2) is 15.5 Å². The van der Waals surface area contributed by atoms with Gasteiger partial charge in [0.1, 0.15) is 5.03 Å². The highest BCUT2D eigenvalue weighted by molar-refractivity contribution is 8.00. The fourth-order valence-corrected chi connectivity index (χ4v) is 1.15. The summed E-state index contributed by atoms with van der Waals surface area (Å²) in [6.07, 6.45) is 2.41. The molecule has 1 aromatic rings. The highest BCUT2D eigenvalue weighted by Crippen LogP contribution is 2.37. The molecule has 0 saturated heterocycles. The number of anilines is 1. The predicted molar refractivity (Wildman–Crippen MR) is 49.0 cm³/mol. The number of hydrazine groups is 1. The van der Waals surface area contributed by atoms with Gasteiger partial charge in [0.25, 0.3) is 0 Å². The van der Waals surface area contributed by atoms with E-state index in [-0.39, 0.29) is 35.0 Å². The van der Waals surface area contributed by atoms with Crippen molar-refractivity contribution in [2.45, 2.75) is 10.5 Å². The fourth-order valence-electron chi connectivity index (χ4n) is 0.609. The van der Waals surface area contributed by atoms with Gasteiger partial charge in [0.05, 0.1) is 0 Å². The second-order valence-electron chi connectivity index (χ2n) is 1.90. The lowest BCUT2D eigenvalue weighted by molar-refractivity contribution is -0.0329. The lowest BCUT2D eigenvalue weighted by atomic mass is 10.7. The summed E-state index contributed by atoms with van der Waals surface area (Å²) < 4.78 is 35.7. The Hall–Kier alpha value is -0.730. The van der Waals surface area contributed by atoms with Crippen molar-refractivity contribution in [1.82, 2.24) is 9.97 Å². The number of nitrogens with one attached hydrogen (secondary N) is 1. The van der Waals surface area contributed by atoms with Gasteiger partial charge in [-0.3, -0.25) is 0 Å². The second-order valence-corrected chi connectivity index (χ2v) is 2.96. The quantitative estimate of drug-likeness (QED) is 0.473. The van der Waals surface area contributed by atoms with E-state index in [1.807, 2.05) is 5.43 Å². The van der Waals surface area contributed by atoms with Gasteiger partial charge in [-0.2, -0.15) is 13.2 Å². The lowest BCUT2D eigenvalue weighted by Gasteiger charge is -2.07. The van der Waals surface area contributed by atoms with E-state index in [0.29, 0.717) is 0 Å². The number of alkyl halides is 3. The van der Waals surface area contributed by atoms with Crippen LogP contribution in [-0.2, 0) is 0 Å². The zero-order valence-corrected chi connectivity index (χ0v) is 8.21. The van der Waals surface area contributed by atoms with E-state index in [1.165, 1.54) is 6.20 Å². The van der Waals surface area contributed by atoms with E-state index < -0.39 is 5.51 Å². The van der Waals surface area contributed by atoms with Crippen molar-refractivity contribution in [2.24, 2.45) is 5.84 Å². The van der Waals surface area contributed by atoms with Crippen LogP contribution < -0.4 is 11.3 Å². The molecule has 3 N–H and O–H groups in total. The van der Waals surface area contributed by atoms with Crippen LogP contribution in [0.15, 0.2) is 17.4 Å². The van der Waals surface area contributed by atoms with Gasteiger partial charge in [-0.1, -0.05) is 0 Å². The van der Waals surface area contributed by atoms with Gasteiger partial charge >= 0.3 is 5.51 Å². The molecule has 0 aliphatic carbocycles. The van der Waals surface area contributed by atoms with Gasteiger partial charge in [-0.15, -0.1) is 12.4 Å². The first-order chi connectivity index (χ1) is 6.03. The molecule has 0 aromatic carbocycles. The molecular formula is C5H6ClF3N4S. The monoisotopic (exact) mass is 246 g/mol. The maximum absolute atomic E-state index is 11.9. The number of hydrogen-bond acceptors (Lipinski definition) is 5. The Morgan fingerprint density at radius 3 is 2.36 bits per heavy atom. The van der Waals surface area contributed by atoms with Gasteiger partial charge in [0, 0.05) is 24.2 Å². The summed E-state index contributed by atoms with van der Waals surface area (Å²) in [4.78, 5) is 7.03. The number of thioether (sulfide) groups is 1. The average Bonchev–Trinajstić information content (AvgIpc) is 2.02. The minimum absolute atomic E-state index is 0. The van der Waals surface area contributed by atoms with Crippen molar-refractivity contribution in [1.29, 1.82) is 0 Å². The zero-order chi connectivity index (χ0) is 9.90. The molecule has 0 radical (unpaired) electrons. The van der Waals surface area contributed by atoms with E-state index >= 15 is 0 Å². The molecule has 0 atom stereocenters. The molecule has 0 bridgehead atoms. The smallest absolute Gasteiger partial charge is 0.306 e. The number of nitrogen functional groups attached to an aromatic ring is 1. The third-order valence-corrected chi connectivity index (χ3v) is 1.74. The molecule has 1 heterocycles. The Kier molecular flexibility index (Phi) is 4.95. The fraction of sp³-hybridized carbons (Fsp3) is 0.200. The number of hydrogen-bond donors (Lipinski definition) is 2. The van der Waals surface area contributed by atoms with Crippen LogP contribution in [0.3, 0.4) is 0 Å². The van der Waals surface area contributed by atoms with Crippen LogP contribution >= 0.6 is 24.2 Å². The molecule has 1 aromatic heterocycles. The van der Waals surface area contributed by atoms with Crippen molar-refractivity contribution in [2.75, 3.05) is 5.43 Å². The summed E-state index contributed by atoms with van der Waals surface area (Å²) in [6.45, 7) is 0. The van der Waals surface area contributed by atoms with E-state index in [9.17, 15) is 13.2 Å².